The van der Waals surface area contributed by atoms with E-state index >= 15 is 0 Å². The van der Waals surface area contributed by atoms with Crippen LogP contribution in [0, 0.1) is 5.92 Å². The predicted octanol–water partition coefficient (Wildman–Crippen LogP) is 3.19. The number of benzene rings is 1. The number of aryl methyl sites for hydroxylation is 2. The fourth-order valence-corrected chi connectivity index (χ4v) is 2.50. The van der Waals surface area contributed by atoms with Crippen LogP contribution in [0.1, 0.15) is 38.3 Å². The molecule has 0 amide bonds. The number of fused-ring (bicyclic) bond motifs is 1. The van der Waals surface area contributed by atoms with Gasteiger partial charge in [0.1, 0.15) is 11.9 Å². The van der Waals surface area contributed by atoms with Gasteiger partial charge in [-0.2, -0.15) is 0 Å². The molecular formula is C16H25NO. The Balaban J connectivity index is 2.02. The molecule has 0 saturated heterocycles. The Kier molecular flexibility index (Phi) is 4.65. The summed E-state index contributed by atoms with van der Waals surface area (Å²) in [7, 11) is 0. The van der Waals surface area contributed by atoms with E-state index in [1.807, 2.05) is 0 Å². The summed E-state index contributed by atoms with van der Waals surface area (Å²) in [6.45, 7) is 8.49. The zero-order valence-corrected chi connectivity index (χ0v) is 11.8. The van der Waals surface area contributed by atoms with Gasteiger partial charge in [-0.15, -0.1) is 0 Å². The molecule has 1 aliphatic rings. The van der Waals surface area contributed by atoms with Gasteiger partial charge in [0.15, 0.2) is 0 Å². The molecule has 1 aromatic carbocycles. The molecule has 0 aliphatic heterocycles. The van der Waals surface area contributed by atoms with Crippen LogP contribution in [-0.2, 0) is 12.8 Å². The Bertz CT molecular complexity index is 387. The molecule has 1 N–H and O–H groups in total. The van der Waals surface area contributed by atoms with E-state index in [1.54, 1.807) is 0 Å². The Morgan fingerprint density at radius 1 is 1.22 bits per heavy atom. The van der Waals surface area contributed by atoms with E-state index in [4.69, 9.17) is 4.74 Å². The number of nitrogens with one attached hydrogen (secondary N) is 1. The van der Waals surface area contributed by atoms with Crippen LogP contribution in [0.5, 0.6) is 5.75 Å². The van der Waals surface area contributed by atoms with Crippen LogP contribution in [0.2, 0.25) is 0 Å². The van der Waals surface area contributed by atoms with Crippen molar-refractivity contribution in [1.29, 1.82) is 0 Å². The fourth-order valence-electron chi connectivity index (χ4n) is 2.50. The quantitative estimate of drug-likeness (QED) is 0.833. The first kappa shape index (κ1) is 13.4. The third-order valence-electron chi connectivity index (χ3n) is 3.70. The monoisotopic (exact) mass is 247 g/mol. The summed E-state index contributed by atoms with van der Waals surface area (Å²) in [6, 6.07) is 6.61. The Labute approximate surface area is 111 Å². The van der Waals surface area contributed by atoms with Crippen molar-refractivity contribution in [1.82, 2.24) is 5.32 Å². The normalized spacial score (nSPS) is 15.8. The van der Waals surface area contributed by atoms with Crippen molar-refractivity contribution >= 4 is 0 Å². The summed E-state index contributed by atoms with van der Waals surface area (Å²) >= 11 is 0. The molecule has 0 radical (unpaired) electrons. The second-order valence-electron chi connectivity index (χ2n) is 5.49. The van der Waals surface area contributed by atoms with E-state index in [9.17, 15) is 0 Å². The second kappa shape index (κ2) is 6.24. The number of ether oxygens (including phenoxy) is 1. The van der Waals surface area contributed by atoms with Crippen LogP contribution in [0.3, 0.4) is 0 Å². The highest BCUT2D eigenvalue weighted by Crippen LogP contribution is 2.27. The lowest BCUT2D eigenvalue weighted by molar-refractivity contribution is 0.149. The number of rotatable bonds is 6. The molecule has 2 nitrogen and oxygen atoms in total. The molecular weight excluding hydrogens is 222 g/mol. The van der Waals surface area contributed by atoms with E-state index in [0.717, 1.165) is 18.8 Å². The summed E-state index contributed by atoms with van der Waals surface area (Å²) < 4.78 is 6.14. The first-order chi connectivity index (χ1) is 8.70. The zero-order valence-electron chi connectivity index (χ0n) is 11.8. The topological polar surface area (TPSA) is 21.3 Å². The Morgan fingerprint density at radius 3 is 2.72 bits per heavy atom. The lowest BCUT2D eigenvalue weighted by atomic mass is 10.1. The largest absolute Gasteiger partial charge is 0.489 e. The predicted molar refractivity (Wildman–Crippen MR) is 76.3 cm³/mol. The summed E-state index contributed by atoms with van der Waals surface area (Å²) in [4.78, 5) is 0. The summed E-state index contributed by atoms with van der Waals surface area (Å²) in [5, 5.41) is 3.38. The lowest BCUT2D eigenvalue weighted by Crippen LogP contribution is -2.35. The van der Waals surface area contributed by atoms with E-state index in [1.165, 1.54) is 30.4 Å². The van der Waals surface area contributed by atoms with Gasteiger partial charge in [0.05, 0.1) is 0 Å². The Hall–Kier alpha value is -1.02. The van der Waals surface area contributed by atoms with Crippen LogP contribution in [0.25, 0.3) is 0 Å². The van der Waals surface area contributed by atoms with Gasteiger partial charge in [-0.25, -0.2) is 0 Å². The molecule has 2 heteroatoms. The maximum absolute atomic E-state index is 6.14. The van der Waals surface area contributed by atoms with Crippen LogP contribution in [-0.4, -0.2) is 19.2 Å². The van der Waals surface area contributed by atoms with E-state index in [-0.39, 0.29) is 6.10 Å². The highest BCUT2D eigenvalue weighted by molar-refractivity contribution is 5.38. The first-order valence-electron chi connectivity index (χ1n) is 7.20. The molecule has 0 saturated carbocycles. The standard InChI is InChI=1S/C16H25NO/c1-4-17-11-16(12(2)3)18-15-9-8-13-6-5-7-14(13)10-15/h8-10,12,16-17H,4-7,11H2,1-3H3. The van der Waals surface area contributed by atoms with Crippen LogP contribution < -0.4 is 10.1 Å². The molecule has 18 heavy (non-hydrogen) atoms. The molecule has 0 heterocycles. The highest BCUT2D eigenvalue weighted by atomic mass is 16.5. The fraction of sp³-hybridized carbons (Fsp3) is 0.625. The second-order valence-corrected chi connectivity index (χ2v) is 5.49. The average Bonchev–Trinajstić information content (AvgIpc) is 2.81. The maximum Gasteiger partial charge on any atom is 0.120 e. The summed E-state index contributed by atoms with van der Waals surface area (Å²) in [6.07, 6.45) is 4.00. The van der Waals surface area contributed by atoms with E-state index in [0.29, 0.717) is 5.92 Å². The lowest BCUT2D eigenvalue weighted by Gasteiger charge is -2.23. The highest BCUT2D eigenvalue weighted by Gasteiger charge is 2.16. The van der Waals surface area contributed by atoms with Gasteiger partial charge < -0.3 is 10.1 Å². The van der Waals surface area contributed by atoms with Crippen molar-refractivity contribution in [3.05, 3.63) is 29.3 Å². The molecule has 0 bridgehead atoms. The van der Waals surface area contributed by atoms with Crippen LogP contribution in [0.4, 0.5) is 0 Å². The van der Waals surface area contributed by atoms with Gasteiger partial charge in [0, 0.05) is 6.54 Å². The first-order valence-corrected chi connectivity index (χ1v) is 7.20. The Morgan fingerprint density at radius 2 is 2.00 bits per heavy atom. The molecule has 1 atom stereocenters. The number of likely N-dealkylation sites (N-methyl/N-ethyl adjacent to an activating group) is 1. The molecule has 2 rings (SSSR count). The van der Waals surface area contributed by atoms with Gasteiger partial charge in [-0.1, -0.05) is 26.8 Å². The molecule has 100 valence electrons. The molecule has 0 spiro atoms. The summed E-state index contributed by atoms with van der Waals surface area (Å²) in [5.41, 5.74) is 2.99. The van der Waals surface area contributed by atoms with Crippen molar-refractivity contribution in [3.8, 4) is 5.75 Å². The van der Waals surface area contributed by atoms with Gasteiger partial charge >= 0.3 is 0 Å². The minimum Gasteiger partial charge on any atom is -0.489 e. The molecule has 1 aromatic rings. The molecule has 0 aromatic heterocycles. The average molecular weight is 247 g/mol. The van der Waals surface area contributed by atoms with Crippen LogP contribution >= 0.6 is 0 Å². The summed E-state index contributed by atoms with van der Waals surface area (Å²) in [5.74, 6) is 1.56. The van der Waals surface area contributed by atoms with Crippen molar-refractivity contribution in [2.75, 3.05) is 13.1 Å². The molecule has 1 unspecified atom stereocenters. The third-order valence-corrected chi connectivity index (χ3v) is 3.70. The van der Waals surface area contributed by atoms with Crippen molar-refractivity contribution in [3.63, 3.8) is 0 Å². The van der Waals surface area contributed by atoms with Crippen LogP contribution in [0.15, 0.2) is 18.2 Å². The van der Waals surface area contributed by atoms with Crippen molar-refractivity contribution in [2.24, 2.45) is 5.92 Å². The SMILES string of the molecule is CCNCC(Oc1ccc2c(c1)CCC2)C(C)C. The van der Waals surface area contributed by atoms with Crippen molar-refractivity contribution < 1.29 is 4.74 Å². The van der Waals surface area contributed by atoms with E-state index < -0.39 is 0 Å². The number of hydrogen-bond acceptors (Lipinski definition) is 2. The maximum atomic E-state index is 6.14. The van der Waals surface area contributed by atoms with E-state index in [2.05, 4.69) is 44.3 Å². The van der Waals surface area contributed by atoms with Gasteiger partial charge in [0.2, 0.25) is 0 Å². The zero-order chi connectivity index (χ0) is 13.0. The molecule has 1 aliphatic carbocycles. The number of hydrogen-bond donors (Lipinski definition) is 1. The van der Waals surface area contributed by atoms with Gasteiger partial charge in [0.25, 0.3) is 0 Å². The van der Waals surface area contributed by atoms with Crippen molar-refractivity contribution in [2.45, 2.75) is 46.1 Å². The minimum absolute atomic E-state index is 0.254. The van der Waals surface area contributed by atoms with Gasteiger partial charge in [-0.05, 0) is 55.0 Å². The van der Waals surface area contributed by atoms with Gasteiger partial charge in [-0.3, -0.25) is 0 Å². The minimum atomic E-state index is 0.254. The third kappa shape index (κ3) is 3.26. The molecule has 0 fully saturated rings. The smallest absolute Gasteiger partial charge is 0.120 e.